The summed E-state index contributed by atoms with van der Waals surface area (Å²) in [5.74, 6) is 1.92. The number of halogens is 2. The second-order valence-corrected chi connectivity index (χ2v) is 9.38. The summed E-state index contributed by atoms with van der Waals surface area (Å²) in [5.41, 5.74) is 2.30. The quantitative estimate of drug-likeness (QED) is 0.203. The first-order chi connectivity index (χ1) is 19.6. The fourth-order valence-corrected chi connectivity index (χ4v) is 4.37. The average molecular weight is 604 g/mol. The molecule has 203 valence electrons. The van der Waals surface area contributed by atoms with Gasteiger partial charge in [-0.25, -0.2) is 9.97 Å². The molecule has 2 heterocycles. The maximum Gasteiger partial charge on any atom is 1.00 e. The number of aliphatic hydroxyl groups excluding tert-OH is 1. The van der Waals surface area contributed by atoms with Gasteiger partial charge in [0.25, 0.3) is 0 Å². The average Bonchev–Trinajstić information content (AvgIpc) is 2.99. The van der Waals surface area contributed by atoms with Crippen LogP contribution in [0.5, 0.6) is 23.3 Å². The molecule has 42 heavy (non-hydrogen) atoms. The molecular formula is C32H23BCl2N2NaO4. The van der Waals surface area contributed by atoms with E-state index in [-0.39, 0.29) is 51.9 Å². The third-order valence-electron chi connectivity index (χ3n) is 5.84. The first-order valence-electron chi connectivity index (χ1n) is 12.2. The predicted octanol–water partition coefficient (Wildman–Crippen LogP) is 5.40. The van der Waals surface area contributed by atoms with Crippen LogP contribution in [0.25, 0.3) is 21.8 Å². The van der Waals surface area contributed by atoms with Crippen molar-refractivity contribution in [1.82, 2.24) is 9.97 Å². The Kier molecular flexibility index (Phi) is 12.4. The van der Waals surface area contributed by atoms with Crippen LogP contribution in [0.1, 0.15) is 17.3 Å². The number of aldehydes is 1. The topological polar surface area (TPSA) is 81.5 Å². The van der Waals surface area contributed by atoms with Gasteiger partial charge in [-0.3, -0.25) is 4.79 Å². The molecule has 0 unspecified atom stereocenters. The first kappa shape index (κ1) is 33.1. The van der Waals surface area contributed by atoms with E-state index in [2.05, 4.69) is 9.97 Å². The first-order valence-corrected chi connectivity index (χ1v) is 13.0. The number of pyridine rings is 2. The number of carbonyl (C=O) groups is 1. The molecular weight excluding hydrogens is 581 g/mol. The normalized spacial score (nSPS) is 10.1. The van der Waals surface area contributed by atoms with Crippen LogP contribution in [0.2, 0.25) is 10.0 Å². The van der Waals surface area contributed by atoms with Crippen LogP contribution in [0, 0.1) is 0 Å². The summed E-state index contributed by atoms with van der Waals surface area (Å²) in [4.78, 5) is 20.0. The van der Waals surface area contributed by atoms with Gasteiger partial charge in [0, 0.05) is 24.7 Å². The molecule has 6 aromatic rings. The van der Waals surface area contributed by atoms with E-state index >= 15 is 0 Å². The Morgan fingerprint density at radius 2 is 1.17 bits per heavy atom. The molecule has 2 aromatic heterocycles. The van der Waals surface area contributed by atoms with Crippen LogP contribution >= 0.6 is 23.2 Å². The molecule has 0 aliphatic heterocycles. The summed E-state index contributed by atoms with van der Waals surface area (Å²) in [6.45, 7) is -0.141. The maximum atomic E-state index is 11.2. The van der Waals surface area contributed by atoms with Gasteiger partial charge in [-0.05, 0) is 48.5 Å². The van der Waals surface area contributed by atoms with Gasteiger partial charge in [0.05, 0.1) is 33.2 Å². The van der Waals surface area contributed by atoms with Crippen molar-refractivity contribution in [1.29, 1.82) is 0 Å². The Morgan fingerprint density at radius 3 is 1.67 bits per heavy atom. The fraction of sp³-hybridized carbons (Fsp3) is 0.0312. The molecule has 0 aliphatic carbocycles. The minimum absolute atomic E-state index is 0. The number of nitrogens with zero attached hydrogens (tertiary/aromatic N) is 2. The maximum absolute atomic E-state index is 11.2. The van der Waals surface area contributed by atoms with Crippen LogP contribution < -0.4 is 39.0 Å². The van der Waals surface area contributed by atoms with E-state index in [1.807, 2.05) is 78.9 Å². The number of rotatable bonds is 6. The van der Waals surface area contributed by atoms with E-state index in [0.717, 1.165) is 17.1 Å². The van der Waals surface area contributed by atoms with Gasteiger partial charge >= 0.3 is 29.6 Å². The molecule has 10 heteroatoms. The van der Waals surface area contributed by atoms with E-state index in [0.29, 0.717) is 49.6 Å². The number of aliphatic hydroxyl groups is 1. The van der Waals surface area contributed by atoms with Gasteiger partial charge in [-0.2, -0.15) is 0 Å². The predicted molar refractivity (Wildman–Crippen MR) is 165 cm³/mol. The van der Waals surface area contributed by atoms with E-state index in [1.165, 1.54) is 0 Å². The fourth-order valence-electron chi connectivity index (χ4n) is 3.92. The number of ether oxygens (including phenoxy) is 2. The third-order valence-corrected chi connectivity index (χ3v) is 6.45. The second-order valence-electron chi connectivity index (χ2n) is 8.56. The monoisotopic (exact) mass is 603 g/mol. The molecule has 6 rings (SSSR count). The summed E-state index contributed by atoms with van der Waals surface area (Å²) >= 11 is 12.3. The summed E-state index contributed by atoms with van der Waals surface area (Å²) in [5, 5.41) is 12.2. The van der Waals surface area contributed by atoms with E-state index in [4.69, 9.17) is 32.7 Å². The van der Waals surface area contributed by atoms with E-state index in [1.54, 1.807) is 30.3 Å². The van der Waals surface area contributed by atoms with Crippen LogP contribution in [0.15, 0.2) is 109 Å². The van der Waals surface area contributed by atoms with Crippen molar-refractivity contribution < 1.29 is 50.4 Å². The Balaban J connectivity index is 0.000000281. The third kappa shape index (κ3) is 7.89. The van der Waals surface area contributed by atoms with Crippen molar-refractivity contribution in [2.24, 2.45) is 0 Å². The Bertz CT molecular complexity index is 1800. The van der Waals surface area contributed by atoms with Gasteiger partial charge < -0.3 is 16.0 Å². The zero-order valence-corrected chi connectivity index (χ0v) is 26.1. The molecule has 0 saturated carbocycles. The minimum atomic E-state index is -0.141. The molecule has 0 aliphatic rings. The van der Waals surface area contributed by atoms with Crippen molar-refractivity contribution in [2.45, 2.75) is 6.61 Å². The Labute approximate surface area is 278 Å². The van der Waals surface area contributed by atoms with Crippen molar-refractivity contribution in [3.63, 3.8) is 0 Å². The zero-order valence-electron chi connectivity index (χ0n) is 23.6. The standard InChI is InChI=1S/C16H12ClNO2.C16H10ClNO2.B.Na.H/c2*17-14-8-4-5-11-9-12(10-19)16(18-15(11)14)20-13-6-2-1-3-7-13;;;/h1-9,19H,10H2;1-10H;;;/q;;;+1;-1. The summed E-state index contributed by atoms with van der Waals surface area (Å²) in [6.07, 6.45) is 0.728. The number of carbonyl (C=O) groups excluding carboxylic acids is 1. The molecule has 0 fully saturated rings. The number of aromatic nitrogens is 2. The van der Waals surface area contributed by atoms with Crippen molar-refractivity contribution >= 4 is 59.7 Å². The van der Waals surface area contributed by atoms with Crippen molar-refractivity contribution in [2.75, 3.05) is 0 Å². The van der Waals surface area contributed by atoms with Gasteiger partial charge in [0.2, 0.25) is 11.8 Å². The van der Waals surface area contributed by atoms with Crippen LogP contribution in [-0.2, 0) is 6.61 Å². The summed E-state index contributed by atoms with van der Waals surface area (Å²) in [7, 11) is 0. The number of hydrogen-bond acceptors (Lipinski definition) is 6. The molecule has 3 radical (unpaired) electrons. The molecule has 0 saturated heterocycles. The van der Waals surface area contributed by atoms with Gasteiger partial charge in [0.1, 0.15) is 11.5 Å². The largest absolute Gasteiger partial charge is 1.00 e. The molecule has 0 spiro atoms. The second kappa shape index (κ2) is 15.7. The van der Waals surface area contributed by atoms with Gasteiger partial charge in [-0.1, -0.05) is 83.9 Å². The molecule has 0 bridgehead atoms. The molecule has 0 atom stereocenters. The van der Waals surface area contributed by atoms with Crippen LogP contribution in [0.4, 0.5) is 0 Å². The smallest absolute Gasteiger partial charge is 1.00 e. The molecule has 0 amide bonds. The zero-order chi connectivity index (χ0) is 27.9. The Hall–Kier alpha value is -3.43. The number of benzene rings is 4. The van der Waals surface area contributed by atoms with E-state index < -0.39 is 0 Å². The van der Waals surface area contributed by atoms with Crippen LogP contribution in [0.3, 0.4) is 0 Å². The molecule has 1 N–H and O–H groups in total. The number of para-hydroxylation sites is 4. The Morgan fingerprint density at radius 1 is 0.690 bits per heavy atom. The summed E-state index contributed by atoms with van der Waals surface area (Å²) in [6, 6.07) is 33.0. The van der Waals surface area contributed by atoms with Crippen molar-refractivity contribution in [3.8, 4) is 23.3 Å². The number of hydrogen-bond donors (Lipinski definition) is 1. The molecule has 4 aromatic carbocycles. The molecule has 6 nitrogen and oxygen atoms in total. The van der Waals surface area contributed by atoms with E-state index in [9.17, 15) is 9.90 Å². The minimum Gasteiger partial charge on any atom is -1.00 e. The van der Waals surface area contributed by atoms with Gasteiger partial charge in [0.15, 0.2) is 6.29 Å². The van der Waals surface area contributed by atoms with Crippen molar-refractivity contribution in [3.05, 3.63) is 130 Å². The summed E-state index contributed by atoms with van der Waals surface area (Å²) < 4.78 is 11.4. The van der Waals surface area contributed by atoms with Gasteiger partial charge in [-0.15, -0.1) is 0 Å². The number of fused-ring (bicyclic) bond motifs is 2. The van der Waals surface area contributed by atoms with Crippen LogP contribution in [-0.4, -0.2) is 29.8 Å². The SMILES string of the molecule is O=Cc1cc2cccc(Cl)c2nc1Oc1ccccc1.OCc1cc2cccc(Cl)c2nc1Oc1ccccc1.[B].[H-].[Na+].